The lowest BCUT2D eigenvalue weighted by molar-refractivity contribution is 0.0542. The monoisotopic (exact) mass is 323 g/mol. The van der Waals surface area contributed by atoms with Crippen molar-refractivity contribution in [2.75, 3.05) is 6.61 Å². The molecule has 2 aromatic rings. The van der Waals surface area contributed by atoms with E-state index in [2.05, 4.69) is 6.58 Å². The summed E-state index contributed by atoms with van der Waals surface area (Å²) in [7, 11) is 0. The van der Waals surface area contributed by atoms with Crippen molar-refractivity contribution in [2.45, 2.75) is 17.3 Å². The number of nitrogens with zero attached hydrogens (tertiary/aromatic N) is 1. The fourth-order valence-electron chi connectivity index (χ4n) is 2.41. The van der Waals surface area contributed by atoms with Crippen LogP contribution < -0.4 is 5.43 Å². The van der Waals surface area contributed by atoms with Crippen LogP contribution in [0, 0.1) is 11.6 Å². The molecule has 0 N–H and O–H groups in total. The maximum absolute atomic E-state index is 13.5. The van der Waals surface area contributed by atoms with Crippen LogP contribution in [0.15, 0.2) is 34.6 Å². The zero-order valence-electron chi connectivity index (χ0n) is 11.6. The molecule has 0 bridgehead atoms. The van der Waals surface area contributed by atoms with Gasteiger partial charge in [0.05, 0.1) is 15.9 Å². The Balaban J connectivity index is 2.31. The lowest BCUT2D eigenvalue weighted by atomic mass is 10.1. The number of aromatic nitrogens is 1. The first-order valence-corrected chi connectivity index (χ1v) is 7.35. The highest BCUT2D eigenvalue weighted by atomic mass is 32.2. The lowest BCUT2D eigenvalue weighted by Gasteiger charge is -2.32. The third kappa shape index (κ3) is 2.04. The minimum atomic E-state index is -1.13. The molecule has 0 fully saturated rings. The van der Waals surface area contributed by atoms with E-state index in [1.807, 2.05) is 6.92 Å². The van der Waals surface area contributed by atoms with Crippen LogP contribution in [0.5, 0.6) is 0 Å². The van der Waals surface area contributed by atoms with Gasteiger partial charge < -0.3 is 9.30 Å². The second-order valence-electron chi connectivity index (χ2n) is 4.77. The van der Waals surface area contributed by atoms with E-state index < -0.39 is 23.0 Å². The number of rotatable bonds is 3. The van der Waals surface area contributed by atoms with Gasteiger partial charge in [-0.3, -0.25) is 4.79 Å². The summed E-state index contributed by atoms with van der Waals surface area (Å²) < 4.78 is 33.5. The number of hydrogen-bond acceptors (Lipinski definition) is 4. The van der Waals surface area contributed by atoms with Gasteiger partial charge in [-0.1, -0.05) is 24.4 Å². The number of thioether (sulfide) groups is 1. The van der Waals surface area contributed by atoms with Crippen molar-refractivity contribution in [3.8, 4) is 0 Å². The predicted molar refractivity (Wildman–Crippen MR) is 79.2 cm³/mol. The van der Waals surface area contributed by atoms with Gasteiger partial charge in [0.25, 0.3) is 0 Å². The van der Waals surface area contributed by atoms with E-state index in [1.54, 1.807) is 4.57 Å². The van der Waals surface area contributed by atoms with Crippen molar-refractivity contribution >= 4 is 28.6 Å². The second kappa shape index (κ2) is 5.24. The third-order valence-corrected chi connectivity index (χ3v) is 4.56. The highest BCUT2D eigenvalue weighted by Gasteiger charge is 2.33. The highest BCUT2D eigenvalue weighted by molar-refractivity contribution is 8.00. The maximum atomic E-state index is 13.5. The van der Waals surface area contributed by atoms with Crippen LogP contribution in [0.2, 0.25) is 0 Å². The first-order valence-electron chi connectivity index (χ1n) is 6.47. The van der Waals surface area contributed by atoms with Crippen LogP contribution in [0.25, 0.3) is 10.9 Å². The van der Waals surface area contributed by atoms with Gasteiger partial charge in [0.2, 0.25) is 5.43 Å². The zero-order valence-corrected chi connectivity index (χ0v) is 12.4. The third-order valence-electron chi connectivity index (χ3n) is 3.38. The van der Waals surface area contributed by atoms with Crippen molar-refractivity contribution in [1.82, 2.24) is 4.57 Å². The quantitative estimate of drug-likeness (QED) is 0.643. The van der Waals surface area contributed by atoms with E-state index in [-0.39, 0.29) is 28.4 Å². The van der Waals surface area contributed by atoms with Crippen LogP contribution >= 0.6 is 11.8 Å². The van der Waals surface area contributed by atoms with Crippen molar-refractivity contribution in [3.63, 3.8) is 0 Å². The number of fused-ring (bicyclic) bond motifs is 3. The molecule has 0 aliphatic carbocycles. The van der Waals surface area contributed by atoms with Crippen LogP contribution in [0.4, 0.5) is 8.78 Å². The van der Waals surface area contributed by atoms with Gasteiger partial charge in [0.1, 0.15) is 12.2 Å². The average molecular weight is 323 g/mol. The van der Waals surface area contributed by atoms with E-state index in [0.29, 0.717) is 5.03 Å². The Morgan fingerprint density at radius 1 is 1.45 bits per heavy atom. The molecular formula is C15H11F2NO3S. The molecule has 1 atom stereocenters. The molecule has 1 aliphatic rings. The van der Waals surface area contributed by atoms with Crippen LogP contribution in [0.1, 0.15) is 22.7 Å². The van der Waals surface area contributed by atoms with Gasteiger partial charge in [-0.25, -0.2) is 13.6 Å². The van der Waals surface area contributed by atoms with Crippen molar-refractivity contribution in [3.05, 3.63) is 52.2 Å². The smallest absolute Gasteiger partial charge is 0.345 e. The summed E-state index contributed by atoms with van der Waals surface area (Å²) >= 11 is 1.30. The Kier molecular flexibility index (Phi) is 3.52. The summed E-state index contributed by atoms with van der Waals surface area (Å²) in [6.45, 7) is 5.23. The van der Waals surface area contributed by atoms with E-state index in [9.17, 15) is 18.4 Å². The van der Waals surface area contributed by atoms with Gasteiger partial charge in [-0.05, 0) is 13.0 Å². The van der Waals surface area contributed by atoms with E-state index in [0.717, 1.165) is 12.1 Å². The molecule has 0 amide bonds. The molecule has 0 radical (unpaired) electrons. The standard InChI is InChI=1S/C15H11F2NO3S/c1-3-4-21-15(20)12-13(19)8-5-9(16)10(17)6-11(8)18-7(2)22-14(12)18/h3,5-7H,1,4H2,2H3. The van der Waals surface area contributed by atoms with Crippen molar-refractivity contribution in [1.29, 1.82) is 0 Å². The van der Waals surface area contributed by atoms with E-state index in [4.69, 9.17) is 4.74 Å². The van der Waals surface area contributed by atoms with Crippen LogP contribution in [-0.4, -0.2) is 17.1 Å². The molecule has 7 heteroatoms. The molecule has 2 heterocycles. The van der Waals surface area contributed by atoms with Crippen LogP contribution in [0.3, 0.4) is 0 Å². The molecule has 1 aliphatic heterocycles. The average Bonchev–Trinajstić information content (AvgIpc) is 2.46. The topological polar surface area (TPSA) is 48.3 Å². The molecule has 4 nitrogen and oxygen atoms in total. The number of carbonyl (C=O) groups excluding carboxylic acids is 1. The molecule has 1 aromatic carbocycles. The second-order valence-corrected chi connectivity index (χ2v) is 6.07. The molecule has 0 spiro atoms. The molecule has 0 saturated carbocycles. The molecule has 3 rings (SSSR count). The molecule has 114 valence electrons. The maximum Gasteiger partial charge on any atom is 0.345 e. The van der Waals surface area contributed by atoms with Gasteiger partial charge in [-0.2, -0.15) is 0 Å². The first-order chi connectivity index (χ1) is 10.5. The minimum absolute atomic E-state index is 0.0340. The van der Waals surface area contributed by atoms with Gasteiger partial charge in [0, 0.05) is 11.5 Å². The van der Waals surface area contributed by atoms with Gasteiger partial charge in [-0.15, -0.1) is 0 Å². The van der Waals surface area contributed by atoms with Gasteiger partial charge in [0.15, 0.2) is 11.6 Å². The number of esters is 1. The largest absolute Gasteiger partial charge is 0.458 e. The number of benzene rings is 1. The zero-order chi connectivity index (χ0) is 16.0. The number of hydrogen-bond donors (Lipinski definition) is 0. The summed E-state index contributed by atoms with van der Waals surface area (Å²) in [5, 5.41) is 0.277. The fourth-order valence-corrected chi connectivity index (χ4v) is 3.56. The lowest BCUT2D eigenvalue weighted by Crippen LogP contribution is -2.29. The Bertz CT molecular complexity index is 875. The summed E-state index contributed by atoms with van der Waals surface area (Å²) in [5.74, 6) is -2.96. The Hall–Kier alpha value is -2.15. The van der Waals surface area contributed by atoms with Crippen molar-refractivity contribution in [2.24, 2.45) is 0 Å². The Morgan fingerprint density at radius 2 is 2.14 bits per heavy atom. The number of halogens is 2. The predicted octanol–water partition coefficient (Wildman–Crippen LogP) is 3.25. The molecule has 1 unspecified atom stereocenters. The highest BCUT2D eigenvalue weighted by Crippen LogP contribution is 2.46. The first kappa shape index (κ1) is 14.8. The summed E-state index contributed by atoms with van der Waals surface area (Å²) in [6, 6.07) is 1.80. The summed E-state index contributed by atoms with van der Waals surface area (Å²) in [4.78, 5) is 24.5. The fraction of sp³-hybridized carbons (Fsp3) is 0.200. The number of ether oxygens (including phenoxy) is 1. The van der Waals surface area contributed by atoms with E-state index in [1.165, 1.54) is 17.8 Å². The molecule has 0 saturated heterocycles. The summed E-state index contributed by atoms with van der Waals surface area (Å²) in [6.07, 6.45) is 1.38. The normalized spacial score (nSPS) is 16.0. The SMILES string of the molecule is C=CCOC(=O)c1c2n(c3cc(F)c(F)cc3c1=O)C(C)S2. The van der Waals surface area contributed by atoms with Gasteiger partial charge >= 0.3 is 5.97 Å². The number of carbonyl (C=O) groups is 1. The van der Waals surface area contributed by atoms with E-state index >= 15 is 0 Å². The van der Waals surface area contributed by atoms with Crippen molar-refractivity contribution < 1.29 is 18.3 Å². The molecule has 1 aromatic heterocycles. The Morgan fingerprint density at radius 3 is 2.77 bits per heavy atom. The Labute approximate surface area is 128 Å². The summed E-state index contributed by atoms with van der Waals surface area (Å²) in [5.41, 5.74) is -0.539. The minimum Gasteiger partial charge on any atom is -0.458 e. The van der Waals surface area contributed by atoms with Crippen LogP contribution in [-0.2, 0) is 4.74 Å². The molecule has 22 heavy (non-hydrogen) atoms. The number of pyridine rings is 1. The molecular weight excluding hydrogens is 312 g/mol.